The Morgan fingerprint density at radius 1 is 1.21 bits per heavy atom. The molecule has 0 saturated heterocycles. The first kappa shape index (κ1) is 18.5. The van der Waals surface area contributed by atoms with Crippen molar-refractivity contribution in [2.24, 2.45) is 0 Å². The number of para-hydroxylation sites is 1. The highest BCUT2D eigenvalue weighted by Gasteiger charge is 2.21. The van der Waals surface area contributed by atoms with Gasteiger partial charge < -0.3 is 10.1 Å². The minimum atomic E-state index is -0.900. The van der Waals surface area contributed by atoms with Crippen LogP contribution in [0.3, 0.4) is 0 Å². The molecule has 0 bridgehead atoms. The molecule has 0 unspecified atom stereocenters. The Labute approximate surface area is 150 Å². The highest BCUT2D eigenvalue weighted by atomic mass is 35.5. The van der Waals surface area contributed by atoms with Crippen LogP contribution in [0, 0.1) is 0 Å². The molecule has 0 aliphatic rings. The zero-order chi connectivity index (χ0) is 17.7. The summed E-state index contributed by atoms with van der Waals surface area (Å²) >= 11 is 6.93. The molecule has 1 aromatic carbocycles. The number of halogens is 1. The molecular weight excluding hydrogens is 346 g/mol. The fourth-order valence-electron chi connectivity index (χ4n) is 2.19. The average molecular weight is 366 g/mol. The van der Waals surface area contributed by atoms with Gasteiger partial charge in [0.25, 0.3) is 5.91 Å². The van der Waals surface area contributed by atoms with E-state index in [0.717, 1.165) is 29.0 Å². The van der Waals surface area contributed by atoms with Gasteiger partial charge in [0, 0.05) is 5.69 Å². The summed E-state index contributed by atoms with van der Waals surface area (Å²) in [4.78, 5) is 24.7. The van der Waals surface area contributed by atoms with Gasteiger partial charge in [0.2, 0.25) is 0 Å². The van der Waals surface area contributed by atoms with Crippen LogP contribution in [0.15, 0.2) is 36.4 Å². The minimum absolute atomic E-state index is 0.326. The number of benzene rings is 1. The molecule has 0 radical (unpaired) electrons. The number of nitrogens with one attached hydrogen (secondary N) is 1. The van der Waals surface area contributed by atoms with Crippen molar-refractivity contribution in [1.82, 2.24) is 0 Å². The van der Waals surface area contributed by atoms with Crippen molar-refractivity contribution in [2.45, 2.75) is 39.2 Å². The Bertz CT molecular complexity index is 729. The van der Waals surface area contributed by atoms with Crippen molar-refractivity contribution < 1.29 is 14.3 Å². The van der Waals surface area contributed by atoms with E-state index in [1.165, 1.54) is 0 Å². The minimum Gasteiger partial charge on any atom is -0.448 e. The molecule has 24 heavy (non-hydrogen) atoms. The van der Waals surface area contributed by atoms with Gasteiger partial charge in [-0.15, -0.1) is 11.3 Å². The average Bonchev–Trinajstić information content (AvgIpc) is 3.01. The third-order valence-corrected chi connectivity index (χ3v) is 5.00. The Kier molecular flexibility index (Phi) is 6.40. The second-order valence-corrected chi connectivity index (χ2v) is 7.25. The van der Waals surface area contributed by atoms with E-state index in [2.05, 4.69) is 19.2 Å². The summed E-state index contributed by atoms with van der Waals surface area (Å²) in [6, 6.07) is 10.9. The predicted octanol–water partition coefficient (Wildman–Crippen LogP) is 5.10. The topological polar surface area (TPSA) is 55.4 Å². The van der Waals surface area contributed by atoms with Gasteiger partial charge in [-0.25, -0.2) is 4.79 Å². The summed E-state index contributed by atoms with van der Waals surface area (Å²) in [5, 5.41) is 2.85. The number of amides is 1. The van der Waals surface area contributed by atoms with Gasteiger partial charge in [-0.05, 0) is 43.0 Å². The van der Waals surface area contributed by atoms with Crippen molar-refractivity contribution in [2.75, 3.05) is 5.32 Å². The molecule has 0 spiro atoms. The molecule has 0 fully saturated rings. The van der Waals surface area contributed by atoms with Crippen LogP contribution in [-0.4, -0.2) is 18.0 Å². The van der Waals surface area contributed by atoms with Crippen LogP contribution in [0.25, 0.3) is 0 Å². The molecule has 1 aromatic heterocycles. The normalized spacial score (nSPS) is 13.2. The number of esters is 1. The maximum absolute atomic E-state index is 12.3. The Morgan fingerprint density at radius 3 is 2.54 bits per heavy atom. The van der Waals surface area contributed by atoms with Crippen LogP contribution in [-0.2, 0) is 9.53 Å². The lowest BCUT2D eigenvalue weighted by Gasteiger charge is -2.18. The van der Waals surface area contributed by atoms with Crippen molar-refractivity contribution in [1.29, 1.82) is 0 Å². The van der Waals surface area contributed by atoms with Crippen molar-refractivity contribution in [3.05, 3.63) is 51.2 Å². The number of hydrogen-bond acceptors (Lipinski definition) is 4. The lowest BCUT2D eigenvalue weighted by molar-refractivity contribution is -0.123. The van der Waals surface area contributed by atoms with E-state index < -0.39 is 12.1 Å². The number of carbonyl (C=O) groups excluding carboxylic acids is 2. The van der Waals surface area contributed by atoms with Crippen LogP contribution in [0.4, 0.5) is 5.69 Å². The quantitative estimate of drug-likeness (QED) is 0.724. The molecule has 0 aliphatic carbocycles. The van der Waals surface area contributed by atoms with Gasteiger partial charge in [0.05, 0.1) is 4.34 Å². The van der Waals surface area contributed by atoms with Crippen molar-refractivity contribution >= 4 is 40.5 Å². The SMILES string of the molecule is CC[C@@H](C)c1ccccc1NC(=O)[C@@H](C)OC(=O)c1ccc(Cl)s1. The van der Waals surface area contributed by atoms with Gasteiger partial charge in [0.1, 0.15) is 4.88 Å². The van der Waals surface area contributed by atoms with E-state index in [1.54, 1.807) is 19.1 Å². The lowest BCUT2D eigenvalue weighted by Crippen LogP contribution is -2.30. The second-order valence-electron chi connectivity index (χ2n) is 5.54. The first-order valence-corrected chi connectivity index (χ1v) is 8.98. The van der Waals surface area contributed by atoms with E-state index in [1.807, 2.05) is 24.3 Å². The van der Waals surface area contributed by atoms with Crippen molar-refractivity contribution in [3.63, 3.8) is 0 Å². The van der Waals surface area contributed by atoms with Crippen LogP contribution in [0.5, 0.6) is 0 Å². The fraction of sp³-hybridized carbons (Fsp3) is 0.333. The van der Waals surface area contributed by atoms with Crippen LogP contribution in [0.2, 0.25) is 4.34 Å². The summed E-state index contributed by atoms with van der Waals surface area (Å²) < 4.78 is 5.71. The number of hydrogen-bond donors (Lipinski definition) is 1. The van der Waals surface area contributed by atoms with Crippen molar-refractivity contribution in [3.8, 4) is 0 Å². The molecule has 6 heteroatoms. The Morgan fingerprint density at radius 2 is 1.92 bits per heavy atom. The summed E-state index contributed by atoms with van der Waals surface area (Å²) in [6.07, 6.45) is 0.0691. The van der Waals surface area contributed by atoms with Crippen LogP contribution in [0.1, 0.15) is 48.3 Å². The summed E-state index contributed by atoms with van der Waals surface area (Å²) in [5.74, 6) is -0.584. The Hall–Kier alpha value is -1.85. The third-order valence-electron chi connectivity index (χ3n) is 3.79. The van der Waals surface area contributed by atoms with E-state index >= 15 is 0 Å². The maximum Gasteiger partial charge on any atom is 0.349 e. The monoisotopic (exact) mass is 365 g/mol. The van der Waals surface area contributed by atoms with Gasteiger partial charge >= 0.3 is 5.97 Å². The highest BCUT2D eigenvalue weighted by molar-refractivity contribution is 7.17. The predicted molar refractivity (Wildman–Crippen MR) is 98.0 cm³/mol. The van der Waals surface area contributed by atoms with Crippen LogP contribution >= 0.6 is 22.9 Å². The molecule has 0 saturated carbocycles. The highest BCUT2D eigenvalue weighted by Crippen LogP contribution is 2.27. The molecule has 2 aromatic rings. The second kappa shape index (κ2) is 8.31. The molecule has 0 aliphatic heterocycles. The summed E-state index contributed by atoms with van der Waals surface area (Å²) in [7, 11) is 0. The van der Waals surface area contributed by atoms with Gasteiger partial charge in [-0.2, -0.15) is 0 Å². The van der Waals surface area contributed by atoms with Gasteiger partial charge in [0.15, 0.2) is 6.10 Å². The number of thiophene rings is 1. The molecular formula is C18H20ClNO3S. The molecule has 1 N–H and O–H groups in total. The largest absolute Gasteiger partial charge is 0.448 e. The van der Waals surface area contributed by atoms with E-state index in [0.29, 0.717) is 15.1 Å². The first-order chi connectivity index (χ1) is 11.4. The summed E-state index contributed by atoms with van der Waals surface area (Å²) in [5.41, 5.74) is 1.82. The standard InChI is InChI=1S/C18H20ClNO3S/c1-4-11(2)13-7-5-6-8-14(13)20-17(21)12(3)23-18(22)15-9-10-16(19)24-15/h5-12H,4H2,1-3H3,(H,20,21)/t11-,12-/m1/s1. The zero-order valence-corrected chi connectivity index (χ0v) is 15.4. The molecule has 2 atom stereocenters. The van der Waals surface area contributed by atoms with Gasteiger partial charge in [-0.3, -0.25) is 4.79 Å². The summed E-state index contributed by atoms with van der Waals surface area (Å²) in [6.45, 7) is 5.75. The van der Waals surface area contributed by atoms with E-state index in [4.69, 9.17) is 16.3 Å². The molecule has 4 nitrogen and oxygen atoms in total. The van der Waals surface area contributed by atoms with Crippen LogP contribution < -0.4 is 5.32 Å². The maximum atomic E-state index is 12.3. The zero-order valence-electron chi connectivity index (χ0n) is 13.8. The smallest absolute Gasteiger partial charge is 0.349 e. The number of anilines is 1. The molecule has 1 amide bonds. The molecule has 128 valence electrons. The number of ether oxygens (including phenoxy) is 1. The Balaban J connectivity index is 2.03. The van der Waals surface area contributed by atoms with E-state index in [-0.39, 0.29) is 5.91 Å². The molecule has 1 heterocycles. The lowest BCUT2D eigenvalue weighted by atomic mass is 9.97. The number of rotatable bonds is 6. The van der Waals surface area contributed by atoms with E-state index in [9.17, 15) is 9.59 Å². The first-order valence-electron chi connectivity index (χ1n) is 7.78. The third kappa shape index (κ3) is 4.58. The molecule has 2 rings (SSSR count). The fourth-order valence-corrected chi connectivity index (χ4v) is 3.12. The van der Waals surface area contributed by atoms with Gasteiger partial charge in [-0.1, -0.05) is 43.6 Å². The number of carbonyl (C=O) groups is 2.